The van der Waals surface area contributed by atoms with Gasteiger partial charge in [0.25, 0.3) is 0 Å². The Balaban J connectivity index is 1.52. The van der Waals surface area contributed by atoms with Gasteiger partial charge in [0.1, 0.15) is 83.2 Å². The van der Waals surface area contributed by atoms with Crippen molar-refractivity contribution in [2.45, 2.75) is 61.2 Å². The summed E-state index contributed by atoms with van der Waals surface area (Å²) in [7, 11) is 1.33. The van der Waals surface area contributed by atoms with Gasteiger partial charge in [0, 0.05) is 17.7 Å². The molecule has 2 saturated heterocycles. The Hall–Kier alpha value is -3.55. The van der Waals surface area contributed by atoms with Gasteiger partial charge in [-0.25, -0.2) is 0 Å². The largest absolute Gasteiger partial charge is 0.507 e. The van der Waals surface area contributed by atoms with Crippen LogP contribution in [0.15, 0.2) is 39.5 Å². The zero-order valence-electron chi connectivity index (χ0n) is 23.0. The van der Waals surface area contributed by atoms with Crippen molar-refractivity contribution >= 4 is 11.0 Å². The Kier molecular flexibility index (Phi) is 9.01. The third-order valence-electron chi connectivity index (χ3n) is 7.76. The van der Waals surface area contributed by atoms with E-state index in [1.54, 1.807) is 0 Å². The Morgan fingerprint density at radius 3 is 2.14 bits per heavy atom. The van der Waals surface area contributed by atoms with Crippen LogP contribution in [0.4, 0.5) is 0 Å². The molecule has 3 aromatic rings. The van der Waals surface area contributed by atoms with E-state index in [1.807, 2.05) is 0 Å². The van der Waals surface area contributed by atoms with Gasteiger partial charge in [-0.3, -0.25) is 4.79 Å². The van der Waals surface area contributed by atoms with E-state index in [0.717, 1.165) is 12.1 Å². The summed E-state index contributed by atoms with van der Waals surface area (Å²) in [6.07, 6.45) is -17.4. The third-order valence-corrected chi connectivity index (χ3v) is 7.76. The van der Waals surface area contributed by atoms with Crippen LogP contribution < -0.4 is 10.2 Å². The number of ether oxygens (including phenoxy) is 4. The molecular weight excluding hydrogens is 592 g/mol. The average molecular weight is 625 g/mol. The first-order chi connectivity index (χ1) is 20.9. The van der Waals surface area contributed by atoms with Crippen LogP contribution in [0.2, 0.25) is 0 Å². The number of hydrogen-bond acceptors (Lipinski definition) is 16. The first-order valence-corrected chi connectivity index (χ1v) is 13.4. The van der Waals surface area contributed by atoms with Gasteiger partial charge in [0.2, 0.25) is 0 Å². The molecule has 5 rings (SSSR count). The molecule has 16 heteroatoms. The Labute approximate surface area is 247 Å². The fourth-order valence-corrected chi connectivity index (χ4v) is 5.38. The molecule has 10 unspecified atom stereocenters. The SMILES string of the molecule is COc1cc(-c2cc(=O)c3c(O)c(C4OC(CO)C(O)C(OC5OC(CO)C(O)C(O)C5O)C4O)c(O)cc3o2)ccc1O. The number of aliphatic hydroxyl groups is 7. The number of aliphatic hydroxyl groups excluding tert-OH is 7. The molecule has 0 saturated carbocycles. The molecule has 3 heterocycles. The van der Waals surface area contributed by atoms with E-state index in [1.165, 1.54) is 25.3 Å². The summed E-state index contributed by atoms with van der Waals surface area (Å²) < 4.78 is 27.3. The Morgan fingerprint density at radius 2 is 1.48 bits per heavy atom. The van der Waals surface area contributed by atoms with Crippen molar-refractivity contribution in [3.63, 3.8) is 0 Å². The first-order valence-electron chi connectivity index (χ1n) is 13.4. The molecule has 2 aromatic carbocycles. The molecule has 16 nitrogen and oxygen atoms in total. The van der Waals surface area contributed by atoms with Gasteiger partial charge >= 0.3 is 0 Å². The molecule has 44 heavy (non-hydrogen) atoms. The number of phenols is 3. The number of aromatic hydroxyl groups is 3. The van der Waals surface area contributed by atoms with E-state index in [-0.39, 0.29) is 22.8 Å². The summed E-state index contributed by atoms with van der Waals surface area (Å²) in [5, 5.41) is 103. The molecule has 0 radical (unpaired) electrons. The normalized spacial score (nSPS) is 32.5. The minimum absolute atomic E-state index is 0.00207. The van der Waals surface area contributed by atoms with E-state index in [2.05, 4.69) is 0 Å². The number of benzene rings is 2. The second kappa shape index (κ2) is 12.4. The van der Waals surface area contributed by atoms with Crippen LogP contribution in [0.3, 0.4) is 0 Å². The van der Waals surface area contributed by atoms with Crippen LogP contribution in [0.1, 0.15) is 11.7 Å². The predicted octanol–water partition coefficient (Wildman–Crippen LogP) is -2.08. The minimum atomic E-state index is -1.97. The van der Waals surface area contributed by atoms with Crippen molar-refractivity contribution < 1.29 is 74.4 Å². The summed E-state index contributed by atoms with van der Waals surface area (Å²) in [5.74, 6) is -1.64. The van der Waals surface area contributed by atoms with Crippen LogP contribution in [0, 0.1) is 0 Å². The van der Waals surface area contributed by atoms with Crippen molar-refractivity contribution in [1.82, 2.24) is 0 Å². The molecule has 10 N–H and O–H groups in total. The first kappa shape index (κ1) is 31.9. The van der Waals surface area contributed by atoms with Crippen LogP contribution in [-0.4, -0.2) is 127 Å². The van der Waals surface area contributed by atoms with Gasteiger partial charge in [0.15, 0.2) is 23.2 Å². The van der Waals surface area contributed by atoms with Crippen molar-refractivity contribution in [3.05, 3.63) is 46.1 Å². The number of rotatable bonds is 7. The van der Waals surface area contributed by atoms with Gasteiger partial charge < -0.3 is 74.4 Å². The quantitative estimate of drug-likeness (QED) is 0.135. The summed E-state index contributed by atoms with van der Waals surface area (Å²) in [6, 6.07) is 6.17. The van der Waals surface area contributed by atoms with Crippen LogP contribution in [-0.2, 0) is 14.2 Å². The molecule has 1 aromatic heterocycles. The molecule has 0 bridgehead atoms. The lowest BCUT2D eigenvalue weighted by Crippen LogP contribution is -2.63. The molecule has 0 spiro atoms. The highest BCUT2D eigenvalue weighted by molar-refractivity contribution is 5.88. The molecule has 0 amide bonds. The van der Waals surface area contributed by atoms with Crippen molar-refractivity contribution in [1.29, 1.82) is 0 Å². The number of phenolic OH excluding ortho intramolecular Hbond substituents is 3. The molecule has 0 aliphatic carbocycles. The van der Waals surface area contributed by atoms with E-state index < -0.39 is 102 Å². The Bertz CT molecular complexity index is 1550. The standard InChI is InChI=1S/C28H32O16/c1-40-14-4-9(2-3-10(14)31)13-5-11(32)18-15(41-13)6-12(33)19(22(18)36)26-25(39)27(21(35)17(8-30)42-26)44-28-24(38)23(37)20(34)16(7-29)43-28/h2-6,16-17,20-21,23-31,33-39H,7-8H2,1H3. The van der Waals surface area contributed by atoms with E-state index in [9.17, 15) is 55.9 Å². The van der Waals surface area contributed by atoms with Crippen molar-refractivity contribution in [3.8, 4) is 34.3 Å². The van der Waals surface area contributed by atoms with Gasteiger partial charge in [-0.05, 0) is 18.2 Å². The molecule has 2 aliphatic rings. The number of methoxy groups -OCH3 is 1. The number of fused-ring (bicyclic) bond motifs is 1. The molecule has 2 aliphatic heterocycles. The monoisotopic (exact) mass is 624 g/mol. The summed E-state index contributed by atoms with van der Waals surface area (Å²) in [4.78, 5) is 13.2. The zero-order valence-corrected chi connectivity index (χ0v) is 23.0. The highest BCUT2D eigenvalue weighted by atomic mass is 16.7. The van der Waals surface area contributed by atoms with Gasteiger partial charge in [0.05, 0.1) is 25.9 Å². The highest BCUT2D eigenvalue weighted by Gasteiger charge is 2.51. The van der Waals surface area contributed by atoms with Crippen LogP contribution >= 0.6 is 0 Å². The summed E-state index contributed by atoms with van der Waals surface area (Å²) in [5.41, 5.74) is -1.24. The van der Waals surface area contributed by atoms with E-state index >= 15 is 0 Å². The average Bonchev–Trinajstić information content (AvgIpc) is 2.99. The fraction of sp³-hybridized carbons (Fsp3) is 0.464. The molecule has 240 valence electrons. The lowest BCUT2D eigenvalue weighted by molar-refractivity contribution is -0.342. The lowest BCUT2D eigenvalue weighted by atomic mass is 9.89. The maximum atomic E-state index is 13.2. The van der Waals surface area contributed by atoms with E-state index in [0.29, 0.717) is 5.56 Å². The van der Waals surface area contributed by atoms with Gasteiger partial charge in [-0.15, -0.1) is 0 Å². The fourth-order valence-electron chi connectivity index (χ4n) is 5.38. The highest BCUT2D eigenvalue weighted by Crippen LogP contribution is 2.45. The Morgan fingerprint density at radius 1 is 0.795 bits per heavy atom. The van der Waals surface area contributed by atoms with Gasteiger partial charge in [-0.1, -0.05) is 0 Å². The molecule has 2 fully saturated rings. The lowest BCUT2D eigenvalue weighted by Gasteiger charge is -2.46. The van der Waals surface area contributed by atoms with Crippen LogP contribution in [0.5, 0.6) is 23.0 Å². The summed E-state index contributed by atoms with van der Waals surface area (Å²) in [6.45, 7) is -1.63. The third kappa shape index (κ3) is 5.45. The van der Waals surface area contributed by atoms with Crippen molar-refractivity contribution in [2.24, 2.45) is 0 Å². The molecular formula is C28H32O16. The van der Waals surface area contributed by atoms with Crippen LogP contribution in [0.25, 0.3) is 22.3 Å². The topological polar surface area (TPSA) is 269 Å². The van der Waals surface area contributed by atoms with E-state index in [4.69, 9.17) is 23.4 Å². The van der Waals surface area contributed by atoms with Crippen molar-refractivity contribution in [2.75, 3.05) is 20.3 Å². The molecule has 10 atom stereocenters. The zero-order chi connectivity index (χ0) is 32.0. The predicted molar refractivity (Wildman–Crippen MR) is 145 cm³/mol. The van der Waals surface area contributed by atoms with Gasteiger partial charge in [-0.2, -0.15) is 0 Å². The smallest absolute Gasteiger partial charge is 0.197 e. The maximum Gasteiger partial charge on any atom is 0.197 e. The minimum Gasteiger partial charge on any atom is -0.507 e. The maximum absolute atomic E-state index is 13.2. The summed E-state index contributed by atoms with van der Waals surface area (Å²) >= 11 is 0. The second-order valence-corrected chi connectivity index (χ2v) is 10.4. The number of hydrogen-bond donors (Lipinski definition) is 10. The second-order valence-electron chi connectivity index (χ2n) is 10.4.